The topological polar surface area (TPSA) is 0 Å². The largest absolute Gasteiger partial charge is 0.207 e. The Labute approximate surface area is 148 Å². The van der Waals surface area contributed by atoms with Crippen LogP contribution in [-0.2, 0) is 0 Å². The lowest BCUT2D eigenvalue weighted by atomic mass is 10.1. The monoisotopic (exact) mass is 384 g/mol. The van der Waals surface area contributed by atoms with Gasteiger partial charge in [-0.2, -0.15) is 0 Å². The van der Waals surface area contributed by atoms with Gasteiger partial charge in [0.2, 0.25) is 0 Å². The van der Waals surface area contributed by atoms with Crippen LogP contribution in [0.3, 0.4) is 0 Å². The Balaban J connectivity index is 2.08. The minimum absolute atomic E-state index is 0.224. The van der Waals surface area contributed by atoms with Crippen molar-refractivity contribution in [1.82, 2.24) is 0 Å². The number of benzene rings is 3. The van der Waals surface area contributed by atoms with Crippen molar-refractivity contribution in [1.29, 1.82) is 0 Å². The second kappa shape index (κ2) is 7.62. The molecule has 0 heterocycles. The molecule has 0 unspecified atom stereocenters. The molecule has 0 nitrogen and oxygen atoms in total. The number of thioether (sulfide) groups is 1. The van der Waals surface area contributed by atoms with E-state index in [-0.39, 0.29) is 5.82 Å². The van der Waals surface area contributed by atoms with Crippen LogP contribution in [0.2, 0.25) is 0 Å². The Bertz CT molecular complexity index is 813. The van der Waals surface area contributed by atoms with Gasteiger partial charge in [-0.25, -0.2) is 4.39 Å². The van der Waals surface area contributed by atoms with Crippen molar-refractivity contribution in [2.45, 2.75) is 4.90 Å². The van der Waals surface area contributed by atoms with E-state index in [0.717, 1.165) is 25.4 Å². The molecule has 114 valence electrons. The van der Waals surface area contributed by atoms with Gasteiger partial charge in [-0.15, -0.1) is 0 Å². The quantitative estimate of drug-likeness (QED) is 0.350. The molecule has 23 heavy (non-hydrogen) atoms. The second-order valence-electron chi connectivity index (χ2n) is 4.93. The Morgan fingerprint density at radius 1 is 0.739 bits per heavy atom. The van der Waals surface area contributed by atoms with E-state index in [0.29, 0.717) is 0 Å². The summed E-state index contributed by atoms with van der Waals surface area (Å²) < 4.78 is 14.5. The van der Waals surface area contributed by atoms with Gasteiger partial charge in [0.15, 0.2) is 0 Å². The summed E-state index contributed by atoms with van der Waals surface area (Å²) in [7, 11) is 0. The molecule has 0 fully saturated rings. The molecule has 3 aromatic rings. The predicted molar refractivity (Wildman–Crippen MR) is 101 cm³/mol. The van der Waals surface area contributed by atoms with E-state index in [9.17, 15) is 4.39 Å². The van der Waals surface area contributed by atoms with Gasteiger partial charge < -0.3 is 0 Å². The molecule has 3 heteroatoms. The van der Waals surface area contributed by atoms with Crippen LogP contribution in [-0.4, -0.2) is 0 Å². The Hall–Kier alpha value is -1.84. The van der Waals surface area contributed by atoms with Gasteiger partial charge in [-0.1, -0.05) is 78.5 Å². The first-order chi connectivity index (χ1) is 11.2. The fourth-order valence-corrected chi connectivity index (χ4v) is 3.94. The summed E-state index contributed by atoms with van der Waals surface area (Å²) in [6.07, 6.45) is 0. The van der Waals surface area contributed by atoms with Gasteiger partial charge in [0, 0.05) is 14.3 Å². The molecule has 0 spiro atoms. The zero-order valence-electron chi connectivity index (χ0n) is 12.2. The molecule has 0 atom stereocenters. The van der Waals surface area contributed by atoms with Crippen LogP contribution in [0.15, 0.2) is 89.8 Å². The van der Waals surface area contributed by atoms with Gasteiger partial charge in [0.05, 0.1) is 0 Å². The molecule has 0 aliphatic rings. The molecule has 0 amide bonds. The molecule has 0 radical (unpaired) electrons. The fourth-order valence-electron chi connectivity index (χ4n) is 2.18. The van der Waals surface area contributed by atoms with Crippen molar-refractivity contribution in [3.8, 4) is 0 Å². The average molecular weight is 385 g/mol. The van der Waals surface area contributed by atoms with Crippen LogP contribution < -0.4 is 0 Å². The first kappa shape index (κ1) is 16.0. The summed E-state index contributed by atoms with van der Waals surface area (Å²) in [6.45, 7) is 0. The second-order valence-corrected chi connectivity index (χ2v) is 6.81. The highest BCUT2D eigenvalue weighted by molar-refractivity contribution is 9.15. The molecular weight excluding hydrogens is 371 g/mol. The Kier molecular flexibility index (Phi) is 5.31. The molecule has 0 aliphatic carbocycles. The number of halogens is 2. The van der Waals surface area contributed by atoms with Gasteiger partial charge in [0.1, 0.15) is 5.82 Å². The first-order valence-electron chi connectivity index (χ1n) is 7.18. The Morgan fingerprint density at radius 2 is 1.35 bits per heavy atom. The molecule has 3 rings (SSSR count). The van der Waals surface area contributed by atoms with Crippen LogP contribution in [0.4, 0.5) is 4.39 Å². The highest BCUT2D eigenvalue weighted by atomic mass is 79.9. The zero-order chi connectivity index (χ0) is 16.1. The molecule has 0 aromatic heterocycles. The van der Waals surface area contributed by atoms with Crippen LogP contribution in [0.1, 0.15) is 11.1 Å². The number of hydrogen-bond acceptors (Lipinski definition) is 1. The molecule has 0 bridgehead atoms. The molecule has 0 saturated carbocycles. The van der Waals surface area contributed by atoms with E-state index in [2.05, 4.69) is 40.2 Å². The third-order valence-electron chi connectivity index (χ3n) is 3.28. The van der Waals surface area contributed by atoms with Gasteiger partial charge in [-0.05, 0) is 45.3 Å². The van der Waals surface area contributed by atoms with Crippen molar-refractivity contribution in [3.63, 3.8) is 0 Å². The van der Waals surface area contributed by atoms with Crippen LogP contribution in [0, 0.1) is 5.82 Å². The summed E-state index contributed by atoms with van der Waals surface area (Å²) in [5.74, 6) is -0.224. The lowest BCUT2D eigenvalue weighted by Gasteiger charge is -2.12. The van der Waals surface area contributed by atoms with E-state index in [1.54, 1.807) is 23.9 Å². The SMILES string of the molecule is Fc1cccc(S/C(=C(\Br)c2ccccc2)c2ccccc2)c1. The zero-order valence-corrected chi connectivity index (χ0v) is 14.6. The summed E-state index contributed by atoms with van der Waals surface area (Å²) in [4.78, 5) is 1.93. The van der Waals surface area contributed by atoms with Crippen molar-refractivity contribution in [2.75, 3.05) is 0 Å². The predicted octanol–water partition coefficient (Wildman–Crippen LogP) is 6.84. The van der Waals surface area contributed by atoms with E-state index in [1.165, 1.54) is 6.07 Å². The summed E-state index contributed by atoms with van der Waals surface area (Å²) >= 11 is 5.28. The molecule has 0 aliphatic heterocycles. The van der Waals surface area contributed by atoms with Crippen molar-refractivity contribution in [2.24, 2.45) is 0 Å². The molecule has 0 N–H and O–H groups in total. The van der Waals surface area contributed by atoms with Crippen LogP contribution in [0.5, 0.6) is 0 Å². The molecule has 0 saturated heterocycles. The summed E-state index contributed by atoms with van der Waals surface area (Å²) in [6, 6.07) is 26.9. The highest BCUT2D eigenvalue weighted by Crippen LogP contribution is 2.42. The third-order valence-corrected chi connectivity index (χ3v) is 5.53. The molecule has 3 aromatic carbocycles. The average Bonchev–Trinajstić information content (AvgIpc) is 2.61. The van der Waals surface area contributed by atoms with Crippen molar-refractivity contribution in [3.05, 3.63) is 102 Å². The highest BCUT2D eigenvalue weighted by Gasteiger charge is 2.11. The van der Waals surface area contributed by atoms with Gasteiger partial charge >= 0.3 is 0 Å². The fraction of sp³-hybridized carbons (Fsp3) is 0. The van der Waals surface area contributed by atoms with E-state index in [1.807, 2.05) is 42.5 Å². The number of hydrogen-bond donors (Lipinski definition) is 0. The maximum atomic E-state index is 13.5. The first-order valence-corrected chi connectivity index (χ1v) is 8.79. The maximum absolute atomic E-state index is 13.5. The smallest absolute Gasteiger partial charge is 0.124 e. The Morgan fingerprint density at radius 3 is 1.96 bits per heavy atom. The van der Waals surface area contributed by atoms with E-state index in [4.69, 9.17) is 0 Å². The van der Waals surface area contributed by atoms with E-state index < -0.39 is 0 Å². The summed E-state index contributed by atoms with van der Waals surface area (Å²) in [5.41, 5.74) is 2.19. The third kappa shape index (κ3) is 4.12. The minimum Gasteiger partial charge on any atom is -0.207 e. The van der Waals surface area contributed by atoms with Gasteiger partial charge in [-0.3, -0.25) is 0 Å². The number of rotatable bonds is 4. The normalized spacial score (nSPS) is 11.9. The maximum Gasteiger partial charge on any atom is 0.124 e. The minimum atomic E-state index is -0.224. The molecular formula is C20H14BrFS. The van der Waals surface area contributed by atoms with Crippen LogP contribution in [0.25, 0.3) is 9.39 Å². The van der Waals surface area contributed by atoms with Gasteiger partial charge in [0.25, 0.3) is 0 Å². The standard InChI is InChI=1S/C20H14BrFS/c21-19(15-8-3-1-4-9-15)20(16-10-5-2-6-11-16)23-18-13-7-12-17(22)14-18/h1-14H/b20-19-. The van der Waals surface area contributed by atoms with Crippen LogP contribution >= 0.6 is 27.7 Å². The lowest BCUT2D eigenvalue weighted by Crippen LogP contribution is -1.86. The summed E-state index contributed by atoms with van der Waals surface area (Å²) in [5, 5.41) is 0. The van der Waals surface area contributed by atoms with Crippen molar-refractivity contribution >= 4 is 37.1 Å². The van der Waals surface area contributed by atoms with E-state index >= 15 is 0 Å². The van der Waals surface area contributed by atoms with Crippen molar-refractivity contribution < 1.29 is 4.39 Å². The lowest BCUT2D eigenvalue weighted by molar-refractivity contribution is 0.624.